The first-order valence-electron chi connectivity index (χ1n) is 11.6. The number of hydrogen-bond donors (Lipinski definition) is 1. The van der Waals surface area contributed by atoms with Gasteiger partial charge >= 0.3 is 0 Å². The summed E-state index contributed by atoms with van der Waals surface area (Å²) in [4.78, 5) is 13.1. The third kappa shape index (κ3) is 4.29. The molecule has 4 saturated carbocycles. The molecule has 2 aromatic rings. The van der Waals surface area contributed by atoms with E-state index >= 15 is 0 Å². The minimum Gasteiger partial charge on any atom is -0.347 e. The van der Waals surface area contributed by atoms with E-state index < -0.39 is 10.0 Å². The summed E-state index contributed by atoms with van der Waals surface area (Å²) in [5.74, 6) is 2.35. The SMILES string of the molecule is Cc1cccc(N(Cc2ccc(C(=O)NC34CC5CC(CC(C5)C3)C4)cc2)S(C)(=O)=O)c1. The average Bonchev–Trinajstić information content (AvgIpc) is 2.70. The molecule has 4 bridgehead atoms. The van der Waals surface area contributed by atoms with Gasteiger partial charge in [-0.05, 0) is 98.6 Å². The topological polar surface area (TPSA) is 66.5 Å². The lowest BCUT2D eigenvalue weighted by Crippen LogP contribution is -2.59. The summed E-state index contributed by atoms with van der Waals surface area (Å²) < 4.78 is 26.3. The summed E-state index contributed by atoms with van der Waals surface area (Å²) in [7, 11) is -3.44. The van der Waals surface area contributed by atoms with Crippen LogP contribution in [0.3, 0.4) is 0 Å². The van der Waals surface area contributed by atoms with E-state index in [-0.39, 0.29) is 18.0 Å². The van der Waals surface area contributed by atoms with Gasteiger partial charge in [0.15, 0.2) is 0 Å². The van der Waals surface area contributed by atoms with Crippen LogP contribution in [0.2, 0.25) is 0 Å². The Morgan fingerprint density at radius 3 is 2.12 bits per heavy atom. The Kier molecular flexibility index (Phi) is 5.31. The fourth-order valence-corrected chi connectivity index (χ4v) is 7.57. The molecule has 4 fully saturated rings. The highest BCUT2D eigenvalue weighted by Crippen LogP contribution is 2.55. The van der Waals surface area contributed by atoms with E-state index in [1.165, 1.54) is 29.8 Å². The number of anilines is 1. The van der Waals surface area contributed by atoms with Crippen LogP contribution < -0.4 is 9.62 Å². The molecular weight excluding hydrogens is 420 g/mol. The van der Waals surface area contributed by atoms with Crippen LogP contribution in [0.15, 0.2) is 48.5 Å². The third-order valence-electron chi connectivity index (χ3n) is 7.65. The first-order valence-corrected chi connectivity index (χ1v) is 13.5. The summed E-state index contributed by atoms with van der Waals surface area (Å²) in [6.45, 7) is 2.18. The second kappa shape index (κ2) is 7.91. The van der Waals surface area contributed by atoms with Crippen LogP contribution in [0.25, 0.3) is 0 Å². The van der Waals surface area contributed by atoms with Crippen molar-refractivity contribution < 1.29 is 13.2 Å². The molecule has 1 N–H and O–H groups in total. The van der Waals surface area contributed by atoms with Gasteiger partial charge in [0.05, 0.1) is 18.5 Å². The number of hydrogen-bond acceptors (Lipinski definition) is 3. The third-order valence-corrected chi connectivity index (χ3v) is 8.79. The number of benzene rings is 2. The molecule has 1 amide bonds. The van der Waals surface area contributed by atoms with Crippen molar-refractivity contribution >= 4 is 21.6 Å². The van der Waals surface area contributed by atoms with E-state index in [2.05, 4.69) is 5.32 Å². The van der Waals surface area contributed by atoms with E-state index in [9.17, 15) is 13.2 Å². The second-order valence-corrected chi connectivity index (χ2v) is 12.4. The molecule has 170 valence electrons. The molecule has 0 heterocycles. The van der Waals surface area contributed by atoms with E-state index in [1.54, 1.807) is 6.07 Å². The Balaban J connectivity index is 1.30. The van der Waals surface area contributed by atoms with Crippen LogP contribution in [0.4, 0.5) is 5.69 Å². The molecule has 6 rings (SSSR count). The zero-order valence-electron chi connectivity index (χ0n) is 18.9. The van der Waals surface area contributed by atoms with Crippen LogP contribution >= 0.6 is 0 Å². The Hall–Kier alpha value is -2.34. The van der Waals surface area contributed by atoms with E-state index in [0.29, 0.717) is 11.3 Å². The largest absolute Gasteiger partial charge is 0.347 e. The maximum atomic E-state index is 13.1. The van der Waals surface area contributed by atoms with Gasteiger partial charge in [-0.2, -0.15) is 0 Å². The van der Waals surface area contributed by atoms with Crippen LogP contribution in [-0.4, -0.2) is 26.1 Å². The summed E-state index contributed by atoms with van der Waals surface area (Å²) in [6, 6.07) is 14.9. The van der Waals surface area contributed by atoms with Crippen molar-refractivity contribution in [1.29, 1.82) is 0 Å². The minimum atomic E-state index is -3.44. The molecule has 32 heavy (non-hydrogen) atoms. The number of nitrogens with one attached hydrogen (secondary N) is 1. The first kappa shape index (κ1) is 21.5. The fraction of sp³-hybridized carbons (Fsp3) is 0.500. The van der Waals surface area contributed by atoms with Crippen molar-refractivity contribution in [1.82, 2.24) is 5.32 Å². The number of carbonyl (C=O) groups excluding carboxylic acids is 1. The molecular formula is C26H32N2O3S. The van der Waals surface area contributed by atoms with Gasteiger partial charge in [0.1, 0.15) is 0 Å². The van der Waals surface area contributed by atoms with Gasteiger partial charge in [0, 0.05) is 11.1 Å². The molecule has 4 aliphatic carbocycles. The van der Waals surface area contributed by atoms with Crippen LogP contribution in [0.1, 0.15) is 60.0 Å². The zero-order chi connectivity index (χ0) is 22.5. The van der Waals surface area contributed by atoms with Crippen LogP contribution in [-0.2, 0) is 16.6 Å². The Morgan fingerprint density at radius 2 is 1.59 bits per heavy atom. The predicted molar refractivity (Wildman–Crippen MR) is 127 cm³/mol. The molecule has 0 unspecified atom stereocenters. The second-order valence-electron chi connectivity index (χ2n) is 10.5. The molecule has 0 spiro atoms. The number of carbonyl (C=O) groups is 1. The molecule has 6 heteroatoms. The molecule has 0 aromatic heterocycles. The van der Waals surface area contributed by atoms with E-state index in [1.807, 2.05) is 49.4 Å². The molecule has 0 aliphatic heterocycles. The van der Waals surface area contributed by atoms with E-state index in [0.717, 1.165) is 48.1 Å². The van der Waals surface area contributed by atoms with Gasteiger partial charge in [0.2, 0.25) is 10.0 Å². The van der Waals surface area contributed by atoms with Crippen molar-refractivity contribution in [2.45, 2.75) is 57.5 Å². The normalized spacial score (nSPS) is 28.5. The highest BCUT2D eigenvalue weighted by Gasteiger charge is 2.51. The average molecular weight is 453 g/mol. The molecule has 2 aromatic carbocycles. The van der Waals surface area contributed by atoms with Gasteiger partial charge < -0.3 is 5.32 Å². The fourth-order valence-electron chi connectivity index (χ4n) is 6.69. The highest BCUT2D eigenvalue weighted by molar-refractivity contribution is 7.92. The van der Waals surface area contributed by atoms with Crippen molar-refractivity contribution in [2.24, 2.45) is 17.8 Å². The lowest BCUT2D eigenvalue weighted by atomic mass is 9.53. The van der Waals surface area contributed by atoms with E-state index in [4.69, 9.17) is 0 Å². The molecule has 5 nitrogen and oxygen atoms in total. The van der Waals surface area contributed by atoms with Gasteiger partial charge in [-0.15, -0.1) is 0 Å². The Labute approximate surface area is 191 Å². The Morgan fingerprint density at radius 1 is 1.00 bits per heavy atom. The van der Waals surface area contributed by atoms with Crippen LogP contribution in [0, 0.1) is 24.7 Å². The molecule has 0 radical (unpaired) electrons. The zero-order valence-corrected chi connectivity index (χ0v) is 19.7. The minimum absolute atomic E-state index is 0.00264. The Bertz CT molecular complexity index is 1090. The predicted octanol–water partition coefficient (Wildman–Crippen LogP) is 4.66. The summed E-state index contributed by atoms with van der Waals surface area (Å²) in [5.41, 5.74) is 3.14. The van der Waals surface area contributed by atoms with Crippen molar-refractivity contribution in [3.05, 3.63) is 65.2 Å². The van der Waals surface area contributed by atoms with Crippen molar-refractivity contribution in [2.75, 3.05) is 10.6 Å². The summed E-state index contributed by atoms with van der Waals surface area (Å²) in [6.07, 6.45) is 8.65. The number of rotatable bonds is 6. The van der Waals surface area contributed by atoms with Crippen LogP contribution in [0.5, 0.6) is 0 Å². The molecule has 0 saturated heterocycles. The lowest BCUT2D eigenvalue weighted by molar-refractivity contribution is -0.0167. The van der Waals surface area contributed by atoms with Crippen molar-refractivity contribution in [3.63, 3.8) is 0 Å². The first-order chi connectivity index (χ1) is 15.2. The highest BCUT2D eigenvalue weighted by atomic mass is 32.2. The number of amides is 1. The lowest BCUT2D eigenvalue weighted by Gasteiger charge is -2.56. The maximum absolute atomic E-state index is 13.1. The number of sulfonamides is 1. The monoisotopic (exact) mass is 452 g/mol. The van der Waals surface area contributed by atoms with Gasteiger partial charge in [-0.3, -0.25) is 9.10 Å². The van der Waals surface area contributed by atoms with Gasteiger partial charge in [0.25, 0.3) is 5.91 Å². The smallest absolute Gasteiger partial charge is 0.251 e. The summed E-state index contributed by atoms with van der Waals surface area (Å²) >= 11 is 0. The van der Waals surface area contributed by atoms with Gasteiger partial charge in [-0.25, -0.2) is 8.42 Å². The van der Waals surface area contributed by atoms with Crippen molar-refractivity contribution in [3.8, 4) is 0 Å². The summed E-state index contributed by atoms with van der Waals surface area (Å²) in [5, 5.41) is 3.41. The molecule has 0 atom stereocenters. The molecule has 4 aliphatic rings. The maximum Gasteiger partial charge on any atom is 0.251 e. The quantitative estimate of drug-likeness (QED) is 0.693. The standard InChI is InChI=1S/C26H32N2O3S/c1-18-4-3-5-24(10-18)28(32(2,30)31)17-19-6-8-23(9-7-19)25(29)27-26-14-20-11-21(15-26)13-22(12-20)16-26/h3-10,20-22H,11-17H2,1-2H3,(H,27,29). The number of aryl methyl sites for hydroxylation is 1. The van der Waals surface area contributed by atoms with Gasteiger partial charge in [-0.1, -0.05) is 24.3 Å². The number of nitrogens with zero attached hydrogens (tertiary/aromatic N) is 1.